The zero-order valence-electron chi connectivity index (χ0n) is 10.4. The van der Waals surface area contributed by atoms with Gasteiger partial charge in [-0.3, -0.25) is 0 Å². The van der Waals surface area contributed by atoms with Crippen LogP contribution < -0.4 is 10.5 Å². The van der Waals surface area contributed by atoms with Crippen LogP contribution in [0.2, 0.25) is 0 Å². The average Bonchev–Trinajstić information content (AvgIpc) is 2.60. The number of hydrogen-bond donors (Lipinski definition) is 1. The van der Waals surface area contributed by atoms with E-state index < -0.39 is 6.43 Å². The zero-order chi connectivity index (χ0) is 13.0. The molecule has 2 rings (SSSR count). The minimum Gasteiger partial charge on any atom is -0.490 e. The SMILES string of the molecule is Nc1ccc(OC2CCCCCC2)c(C(F)F)c1. The van der Waals surface area contributed by atoms with Gasteiger partial charge in [0.1, 0.15) is 5.75 Å². The van der Waals surface area contributed by atoms with E-state index in [1.54, 1.807) is 12.1 Å². The van der Waals surface area contributed by atoms with Gasteiger partial charge in [0.15, 0.2) is 0 Å². The van der Waals surface area contributed by atoms with Crippen LogP contribution in [-0.2, 0) is 0 Å². The predicted octanol–water partition coefficient (Wildman–Crippen LogP) is 4.31. The van der Waals surface area contributed by atoms with Crippen molar-refractivity contribution in [2.75, 3.05) is 5.73 Å². The lowest BCUT2D eigenvalue weighted by molar-refractivity contribution is 0.133. The molecule has 0 atom stereocenters. The molecule has 1 aliphatic rings. The van der Waals surface area contributed by atoms with E-state index in [1.165, 1.54) is 18.9 Å². The summed E-state index contributed by atoms with van der Waals surface area (Å²) in [6.45, 7) is 0. The molecule has 0 spiro atoms. The summed E-state index contributed by atoms with van der Waals surface area (Å²) in [6.07, 6.45) is 4.07. The quantitative estimate of drug-likeness (QED) is 0.645. The Balaban J connectivity index is 2.12. The van der Waals surface area contributed by atoms with Crippen molar-refractivity contribution in [3.05, 3.63) is 23.8 Å². The van der Waals surface area contributed by atoms with E-state index in [4.69, 9.17) is 10.5 Å². The summed E-state index contributed by atoms with van der Waals surface area (Å²) in [7, 11) is 0. The van der Waals surface area contributed by atoms with E-state index >= 15 is 0 Å². The fourth-order valence-corrected chi connectivity index (χ4v) is 2.38. The summed E-state index contributed by atoms with van der Waals surface area (Å²) in [5.74, 6) is 0.283. The van der Waals surface area contributed by atoms with Crippen LogP contribution in [0, 0.1) is 0 Å². The normalized spacial score (nSPS) is 17.7. The number of anilines is 1. The maximum atomic E-state index is 12.9. The molecule has 18 heavy (non-hydrogen) atoms. The van der Waals surface area contributed by atoms with Crippen LogP contribution >= 0.6 is 0 Å². The highest BCUT2D eigenvalue weighted by Gasteiger charge is 2.19. The fourth-order valence-electron chi connectivity index (χ4n) is 2.38. The maximum Gasteiger partial charge on any atom is 0.267 e. The van der Waals surface area contributed by atoms with Crippen LogP contribution in [0.5, 0.6) is 5.75 Å². The van der Waals surface area contributed by atoms with Gasteiger partial charge in [-0.05, 0) is 43.9 Å². The van der Waals surface area contributed by atoms with Crippen molar-refractivity contribution in [2.24, 2.45) is 0 Å². The Morgan fingerprint density at radius 1 is 1.11 bits per heavy atom. The summed E-state index contributed by atoms with van der Waals surface area (Å²) in [4.78, 5) is 0. The number of hydrogen-bond acceptors (Lipinski definition) is 2. The molecular formula is C14H19F2NO. The van der Waals surface area contributed by atoms with E-state index in [-0.39, 0.29) is 17.4 Å². The molecule has 0 heterocycles. The van der Waals surface area contributed by atoms with E-state index in [1.807, 2.05) is 0 Å². The Labute approximate surface area is 106 Å². The molecule has 100 valence electrons. The number of halogens is 2. The molecule has 0 unspecified atom stereocenters. The zero-order valence-corrected chi connectivity index (χ0v) is 10.4. The lowest BCUT2D eigenvalue weighted by Gasteiger charge is -2.19. The number of alkyl halides is 2. The van der Waals surface area contributed by atoms with Crippen LogP contribution in [0.25, 0.3) is 0 Å². The molecule has 1 aromatic carbocycles. The maximum absolute atomic E-state index is 12.9. The number of ether oxygens (including phenoxy) is 1. The highest BCUT2D eigenvalue weighted by molar-refractivity contribution is 5.48. The third kappa shape index (κ3) is 3.34. The molecule has 1 aliphatic carbocycles. The van der Waals surface area contributed by atoms with Crippen LogP contribution in [0.1, 0.15) is 50.5 Å². The molecule has 2 N–H and O–H groups in total. The average molecular weight is 255 g/mol. The van der Waals surface area contributed by atoms with Crippen LogP contribution in [-0.4, -0.2) is 6.10 Å². The Bertz CT molecular complexity index is 387. The van der Waals surface area contributed by atoms with Gasteiger partial charge < -0.3 is 10.5 Å². The van der Waals surface area contributed by atoms with Gasteiger partial charge in [-0.15, -0.1) is 0 Å². The highest BCUT2D eigenvalue weighted by atomic mass is 19.3. The number of nitrogens with two attached hydrogens (primary N) is 1. The second-order valence-corrected chi connectivity index (χ2v) is 4.83. The van der Waals surface area contributed by atoms with Gasteiger partial charge in [-0.25, -0.2) is 8.78 Å². The molecule has 0 aromatic heterocycles. The molecular weight excluding hydrogens is 236 g/mol. The van der Waals surface area contributed by atoms with Gasteiger partial charge in [0, 0.05) is 5.69 Å². The van der Waals surface area contributed by atoms with Crippen molar-refractivity contribution < 1.29 is 13.5 Å². The second-order valence-electron chi connectivity index (χ2n) is 4.83. The number of rotatable bonds is 3. The molecule has 0 bridgehead atoms. The van der Waals surface area contributed by atoms with Gasteiger partial charge in [-0.2, -0.15) is 0 Å². The monoisotopic (exact) mass is 255 g/mol. The standard InChI is InChI=1S/C14H19F2NO/c15-14(16)12-9-10(17)7-8-13(12)18-11-5-3-1-2-4-6-11/h7-9,11,14H,1-6,17H2. The Morgan fingerprint density at radius 3 is 2.39 bits per heavy atom. The van der Waals surface area contributed by atoms with Crippen molar-refractivity contribution in [3.8, 4) is 5.75 Å². The fraction of sp³-hybridized carbons (Fsp3) is 0.571. The third-order valence-electron chi connectivity index (χ3n) is 3.36. The molecule has 1 fully saturated rings. The minimum atomic E-state index is -2.55. The molecule has 0 saturated heterocycles. The smallest absolute Gasteiger partial charge is 0.267 e. The minimum absolute atomic E-state index is 0.0635. The van der Waals surface area contributed by atoms with E-state index in [9.17, 15) is 8.78 Å². The lowest BCUT2D eigenvalue weighted by Crippen LogP contribution is -2.16. The van der Waals surface area contributed by atoms with Crippen molar-refractivity contribution in [1.82, 2.24) is 0 Å². The first kappa shape index (κ1) is 13.1. The Morgan fingerprint density at radius 2 is 1.78 bits per heavy atom. The van der Waals surface area contributed by atoms with Gasteiger partial charge in [0.05, 0.1) is 11.7 Å². The summed E-state index contributed by atoms with van der Waals surface area (Å²) < 4.78 is 31.6. The number of benzene rings is 1. The van der Waals surface area contributed by atoms with Crippen molar-refractivity contribution in [1.29, 1.82) is 0 Å². The predicted molar refractivity (Wildman–Crippen MR) is 67.9 cm³/mol. The molecule has 0 amide bonds. The van der Waals surface area contributed by atoms with Gasteiger partial charge in [0.2, 0.25) is 0 Å². The van der Waals surface area contributed by atoms with E-state index in [0.717, 1.165) is 25.7 Å². The Kier molecular flexibility index (Phi) is 4.39. The van der Waals surface area contributed by atoms with Gasteiger partial charge in [-0.1, -0.05) is 12.8 Å². The molecule has 2 nitrogen and oxygen atoms in total. The van der Waals surface area contributed by atoms with E-state index in [0.29, 0.717) is 5.69 Å². The van der Waals surface area contributed by atoms with Gasteiger partial charge >= 0.3 is 0 Å². The summed E-state index contributed by atoms with van der Waals surface area (Å²) in [5.41, 5.74) is 5.78. The van der Waals surface area contributed by atoms with Crippen molar-refractivity contribution in [3.63, 3.8) is 0 Å². The Hall–Kier alpha value is -1.32. The first-order chi connectivity index (χ1) is 8.66. The molecule has 0 aliphatic heterocycles. The highest BCUT2D eigenvalue weighted by Crippen LogP contribution is 2.33. The largest absolute Gasteiger partial charge is 0.490 e. The molecule has 1 saturated carbocycles. The first-order valence-electron chi connectivity index (χ1n) is 6.51. The van der Waals surface area contributed by atoms with Crippen LogP contribution in [0.15, 0.2) is 18.2 Å². The van der Waals surface area contributed by atoms with Crippen molar-refractivity contribution >= 4 is 5.69 Å². The van der Waals surface area contributed by atoms with Gasteiger partial charge in [0.25, 0.3) is 6.43 Å². The van der Waals surface area contributed by atoms with E-state index in [2.05, 4.69) is 0 Å². The lowest BCUT2D eigenvalue weighted by atomic mass is 10.1. The summed E-state index contributed by atoms with van der Waals surface area (Å²) in [5, 5.41) is 0. The third-order valence-corrected chi connectivity index (χ3v) is 3.36. The molecule has 4 heteroatoms. The topological polar surface area (TPSA) is 35.2 Å². The van der Waals surface area contributed by atoms with Crippen LogP contribution in [0.4, 0.5) is 14.5 Å². The van der Waals surface area contributed by atoms with Crippen molar-refractivity contribution in [2.45, 2.75) is 51.1 Å². The molecule has 0 radical (unpaired) electrons. The number of nitrogen functional groups attached to an aromatic ring is 1. The summed E-state index contributed by atoms with van der Waals surface area (Å²) >= 11 is 0. The second kappa shape index (κ2) is 6.03. The summed E-state index contributed by atoms with van der Waals surface area (Å²) in [6, 6.07) is 4.47. The first-order valence-corrected chi connectivity index (χ1v) is 6.51. The van der Waals surface area contributed by atoms with Crippen LogP contribution in [0.3, 0.4) is 0 Å². The molecule has 1 aromatic rings.